The topological polar surface area (TPSA) is 52.1 Å². The van der Waals surface area contributed by atoms with Gasteiger partial charge in [0.15, 0.2) is 5.96 Å². The number of ether oxygens (including phenoxy) is 1. The summed E-state index contributed by atoms with van der Waals surface area (Å²) in [4.78, 5) is 9.68. The minimum Gasteiger partial charge on any atom is -0.381 e. The van der Waals surface area contributed by atoms with Crippen LogP contribution in [0.25, 0.3) is 0 Å². The van der Waals surface area contributed by atoms with Gasteiger partial charge in [-0.3, -0.25) is 9.89 Å². The van der Waals surface area contributed by atoms with Crippen LogP contribution >= 0.6 is 0 Å². The van der Waals surface area contributed by atoms with Crippen molar-refractivity contribution in [1.82, 2.24) is 20.4 Å². The van der Waals surface area contributed by atoms with Crippen LogP contribution in [0.2, 0.25) is 0 Å². The van der Waals surface area contributed by atoms with E-state index in [1.54, 1.807) is 0 Å². The number of hydrogen-bond acceptors (Lipinski definition) is 4. The first-order valence-electron chi connectivity index (χ1n) is 9.69. The van der Waals surface area contributed by atoms with Gasteiger partial charge in [0.25, 0.3) is 0 Å². The van der Waals surface area contributed by atoms with Crippen LogP contribution in [0.4, 0.5) is 0 Å². The molecule has 0 saturated carbocycles. The molecule has 0 spiro atoms. The summed E-state index contributed by atoms with van der Waals surface area (Å²) in [5.74, 6) is 0.923. The maximum Gasteiger partial charge on any atom is 0.191 e. The monoisotopic (exact) mass is 341 g/mol. The third-order valence-corrected chi connectivity index (χ3v) is 4.42. The van der Waals surface area contributed by atoms with Gasteiger partial charge in [0.05, 0.1) is 6.54 Å². The average Bonchev–Trinajstić information content (AvgIpc) is 2.59. The number of nitrogens with zero attached hydrogens (tertiary/aromatic N) is 3. The third kappa shape index (κ3) is 9.45. The molecular formula is C18H39N5O. The second-order valence-corrected chi connectivity index (χ2v) is 6.65. The van der Waals surface area contributed by atoms with E-state index >= 15 is 0 Å². The molecule has 6 heteroatoms. The van der Waals surface area contributed by atoms with Gasteiger partial charge in [-0.15, -0.1) is 0 Å². The Morgan fingerprint density at radius 3 is 2.46 bits per heavy atom. The minimum atomic E-state index is 0.492. The average molecular weight is 342 g/mol. The maximum atomic E-state index is 5.59. The van der Waals surface area contributed by atoms with E-state index in [-0.39, 0.29) is 0 Å². The van der Waals surface area contributed by atoms with Gasteiger partial charge in [-0.2, -0.15) is 0 Å². The lowest BCUT2D eigenvalue weighted by atomic mass is 10.2. The summed E-state index contributed by atoms with van der Waals surface area (Å²) in [7, 11) is 2.19. The molecule has 1 atom stereocenters. The Morgan fingerprint density at radius 1 is 1.08 bits per heavy atom. The van der Waals surface area contributed by atoms with Crippen molar-refractivity contribution in [2.45, 2.75) is 46.1 Å². The molecule has 1 heterocycles. The lowest BCUT2D eigenvalue weighted by Crippen LogP contribution is -2.49. The van der Waals surface area contributed by atoms with Gasteiger partial charge in [-0.1, -0.05) is 13.3 Å². The standard InChI is InChI=1S/C18H39N5O/c1-5-7-14-24-15-8-9-20-18(19-6-2)21-16-17(3)23-12-10-22(4)11-13-23/h17H,5-16H2,1-4H3,(H2,19,20,21). The Kier molecular flexibility index (Phi) is 11.9. The molecule has 0 bridgehead atoms. The van der Waals surface area contributed by atoms with Crippen LogP contribution in [-0.2, 0) is 4.74 Å². The largest absolute Gasteiger partial charge is 0.381 e. The van der Waals surface area contributed by atoms with Gasteiger partial charge in [0, 0.05) is 58.5 Å². The second kappa shape index (κ2) is 13.4. The first-order valence-corrected chi connectivity index (χ1v) is 9.69. The lowest BCUT2D eigenvalue weighted by molar-refractivity contribution is 0.122. The van der Waals surface area contributed by atoms with Crippen molar-refractivity contribution in [2.75, 3.05) is 66.1 Å². The number of nitrogens with one attached hydrogen (secondary N) is 2. The number of likely N-dealkylation sites (N-methyl/N-ethyl adjacent to an activating group) is 1. The molecule has 6 nitrogen and oxygen atoms in total. The molecule has 24 heavy (non-hydrogen) atoms. The molecule has 1 fully saturated rings. The van der Waals surface area contributed by atoms with Gasteiger partial charge in [0.2, 0.25) is 0 Å². The van der Waals surface area contributed by atoms with E-state index in [4.69, 9.17) is 9.73 Å². The highest BCUT2D eigenvalue weighted by atomic mass is 16.5. The summed E-state index contributed by atoms with van der Waals surface area (Å²) in [6.07, 6.45) is 3.37. The number of guanidine groups is 1. The van der Waals surface area contributed by atoms with Crippen LogP contribution in [0.5, 0.6) is 0 Å². The summed E-state index contributed by atoms with van der Waals surface area (Å²) in [6, 6.07) is 0.492. The Balaban J connectivity index is 2.23. The van der Waals surface area contributed by atoms with Crippen molar-refractivity contribution < 1.29 is 4.74 Å². The van der Waals surface area contributed by atoms with E-state index in [1.807, 2.05) is 0 Å². The molecule has 0 aliphatic carbocycles. The highest BCUT2D eigenvalue weighted by molar-refractivity contribution is 5.79. The SMILES string of the molecule is CCCCOCCCNC(=NCC(C)N1CCN(C)CC1)NCC. The highest BCUT2D eigenvalue weighted by Gasteiger charge is 2.18. The Morgan fingerprint density at radius 2 is 1.79 bits per heavy atom. The van der Waals surface area contributed by atoms with Crippen LogP contribution < -0.4 is 10.6 Å². The molecule has 1 rings (SSSR count). The third-order valence-electron chi connectivity index (χ3n) is 4.42. The lowest BCUT2D eigenvalue weighted by Gasteiger charge is -2.35. The van der Waals surface area contributed by atoms with Crippen molar-refractivity contribution in [1.29, 1.82) is 0 Å². The predicted molar refractivity (Wildman–Crippen MR) is 103 cm³/mol. The van der Waals surface area contributed by atoms with E-state index in [1.165, 1.54) is 6.42 Å². The highest BCUT2D eigenvalue weighted by Crippen LogP contribution is 2.05. The Labute approximate surface area is 149 Å². The number of rotatable bonds is 11. The summed E-state index contributed by atoms with van der Waals surface area (Å²) >= 11 is 0. The first-order chi connectivity index (χ1) is 11.7. The minimum absolute atomic E-state index is 0.492. The molecule has 1 aliphatic rings. The van der Waals surface area contributed by atoms with Crippen molar-refractivity contribution >= 4 is 5.96 Å². The molecule has 1 unspecified atom stereocenters. The molecule has 2 N–H and O–H groups in total. The molecule has 1 aliphatic heterocycles. The molecule has 0 aromatic heterocycles. The summed E-state index contributed by atoms with van der Waals surface area (Å²) in [6.45, 7) is 15.5. The van der Waals surface area contributed by atoms with Crippen LogP contribution in [0, 0.1) is 0 Å². The van der Waals surface area contributed by atoms with Crippen LogP contribution in [-0.4, -0.2) is 87.9 Å². The number of piperazine rings is 1. The van der Waals surface area contributed by atoms with Crippen LogP contribution in [0.15, 0.2) is 4.99 Å². The van der Waals surface area contributed by atoms with Crippen LogP contribution in [0.3, 0.4) is 0 Å². The number of hydrogen-bond donors (Lipinski definition) is 2. The van der Waals surface area contributed by atoms with Gasteiger partial charge in [-0.25, -0.2) is 0 Å². The maximum absolute atomic E-state index is 5.59. The molecule has 142 valence electrons. The Hall–Kier alpha value is -0.850. The zero-order valence-electron chi connectivity index (χ0n) is 16.3. The molecule has 1 saturated heterocycles. The van der Waals surface area contributed by atoms with Crippen molar-refractivity contribution in [3.05, 3.63) is 0 Å². The van der Waals surface area contributed by atoms with Gasteiger partial charge in [0.1, 0.15) is 0 Å². The smallest absolute Gasteiger partial charge is 0.191 e. The van der Waals surface area contributed by atoms with Crippen molar-refractivity contribution in [2.24, 2.45) is 4.99 Å². The van der Waals surface area contributed by atoms with Crippen molar-refractivity contribution in [3.8, 4) is 0 Å². The van der Waals surface area contributed by atoms with E-state index < -0.39 is 0 Å². The van der Waals surface area contributed by atoms with Crippen molar-refractivity contribution in [3.63, 3.8) is 0 Å². The summed E-state index contributed by atoms with van der Waals surface area (Å²) in [5.41, 5.74) is 0. The number of unbranched alkanes of at least 4 members (excludes halogenated alkanes) is 1. The van der Waals surface area contributed by atoms with E-state index in [9.17, 15) is 0 Å². The van der Waals surface area contributed by atoms with E-state index in [2.05, 4.69) is 48.3 Å². The predicted octanol–water partition coefficient (Wildman–Crippen LogP) is 1.38. The normalized spacial score (nSPS) is 18.6. The zero-order chi connectivity index (χ0) is 17.6. The fourth-order valence-corrected chi connectivity index (χ4v) is 2.67. The quantitative estimate of drug-likeness (QED) is 0.338. The fourth-order valence-electron chi connectivity index (χ4n) is 2.67. The van der Waals surface area contributed by atoms with Crippen LogP contribution in [0.1, 0.15) is 40.0 Å². The van der Waals surface area contributed by atoms with E-state index in [0.29, 0.717) is 6.04 Å². The van der Waals surface area contributed by atoms with Gasteiger partial charge >= 0.3 is 0 Å². The van der Waals surface area contributed by atoms with E-state index in [0.717, 1.165) is 77.8 Å². The summed E-state index contributed by atoms with van der Waals surface area (Å²) in [5, 5.41) is 6.74. The fraction of sp³-hybridized carbons (Fsp3) is 0.944. The molecular weight excluding hydrogens is 302 g/mol. The second-order valence-electron chi connectivity index (χ2n) is 6.65. The van der Waals surface area contributed by atoms with Gasteiger partial charge in [-0.05, 0) is 33.7 Å². The summed E-state index contributed by atoms with van der Waals surface area (Å²) < 4.78 is 5.59. The Bertz CT molecular complexity index is 329. The molecule has 0 aromatic rings. The first kappa shape index (κ1) is 21.2. The molecule has 0 radical (unpaired) electrons. The number of aliphatic imine (C=N–C) groups is 1. The zero-order valence-corrected chi connectivity index (χ0v) is 16.3. The molecule has 0 aromatic carbocycles. The van der Waals surface area contributed by atoms with Gasteiger partial charge < -0.3 is 20.3 Å². The molecule has 0 amide bonds.